The average Bonchev–Trinajstić information content (AvgIpc) is 3.44. The number of hydrogen-bond acceptors (Lipinski definition) is 6. The van der Waals surface area contributed by atoms with Gasteiger partial charge in [0, 0.05) is 11.3 Å². The van der Waals surface area contributed by atoms with Crippen LogP contribution in [0, 0.1) is 5.82 Å². The summed E-state index contributed by atoms with van der Waals surface area (Å²) in [7, 11) is -3.67. The van der Waals surface area contributed by atoms with Crippen LogP contribution in [-0.4, -0.2) is 41.9 Å². The molecular formula is C23H21FN4O3S2. The van der Waals surface area contributed by atoms with Crippen molar-refractivity contribution in [3.05, 3.63) is 70.6 Å². The molecule has 2 atom stereocenters. The van der Waals surface area contributed by atoms with Crippen LogP contribution >= 0.6 is 11.3 Å². The number of nitrogens with zero attached hydrogens (tertiary/aromatic N) is 3. The molecule has 0 amide bonds. The van der Waals surface area contributed by atoms with E-state index in [9.17, 15) is 12.8 Å². The molecule has 1 unspecified atom stereocenters. The first kappa shape index (κ1) is 21.9. The lowest BCUT2D eigenvalue weighted by atomic mass is 10.1. The van der Waals surface area contributed by atoms with Gasteiger partial charge in [-0.2, -0.15) is 5.10 Å². The van der Waals surface area contributed by atoms with E-state index in [2.05, 4.69) is 14.8 Å². The van der Waals surface area contributed by atoms with Gasteiger partial charge in [-0.25, -0.2) is 27.2 Å². The summed E-state index contributed by atoms with van der Waals surface area (Å²) in [6, 6.07) is 10.6. The highest BCUT2D eigenvalue weighted by Crippen LogP contribution is 2.22. The van der Waals surface area contributed by atoms with Gasteiger partial charge in [-0.1, -0.05) is 6.08 Å². The van der Waals surface area contributed by atoms with Gasteiger partial charge in [0.2, 0.25) is 10.0 Å². The van der Waals surface area contributed by atoms with Crippen molar-refractivity contribution >= 4 is 43.7 Å². The first-order valence-corrected chi connectivity index (χ1v) is 12.7. The molecule has 4 aromatic rings. The van der Waals surface area contributed by atoms with Crippen LogP contribution in [0.3, 0.4) is 0 Å². The normalized spacial score (nSPS) is 16.7. The van der Waals surface area contributed by atoms with Crippen molar-refractivity contribution in [2.45, 2.75) is 30.4 Å². The van der Waals surface area contributed by atoms with E-state index in [1.165, 1.54) is 23.5 Å². The van der Waals surface area contributed by atoms with E-state index in [0.717, 1.165) is 26.5 Å². The standard InChI is InChI=1S/C23H21FN4O3S2/c1-15(27-33(29,30)20-7-8-21-23(11-20)32-14-25-21)13-31-19-6-9-22-16(10-19)12-26-28(22)18-4-2-17(24)3-5-18/h2-5,7-12,14-15,19,27H,6,13H2,1H3/t15-,19?/m0/s1. The number of nitrogens with one attached hydrogen (secondary N) is 1. The molecule has 7 nitrogen and oxygen atoms in total. The molecule has 5 rings (SSSR count). The molecule has 10 heteroatoms. The smallest absolute Gasteiger partial charge is 0.240 e. The fraction of sp³-hybridized carbons (Fsp3) is 0.217. The molecule has 1 N–H and O–H groups in total. The van der Waals surface area contributed by atoms with Crippen molar-refractivity contribution in [2.24, 2.45) is 0 Å². The molecule has 170 valence electrons. The molecule has 0 bridgehead atoms. The third-order valence-electron chi connectivity index (χ3n) is 5.35. The lowest BCUT2D eigenvalue weighted by Crippen LogP contribution is -2.38. The highest BCUT2D eigenvalue weighted by molar-refractivity contribution is 7.89. The lowest BCUT2D eigenvalue weighted by Gasteiger charge is -2.19. The molecule has 0 saturated carbocycles. The second kappa shape index (κ2) is 8.79. The second-order valence-electron chi connectivity index (χ2n) is 7.86. The maximum Gasteiger partial charge on any atom is 0.240 e. The van der Waals surface area contributed by atoms with Gasteiger partial charge in [0.05, 0.1) is 50.6 Å². The predicted molar refractivity (Wildman–Crippen MR) is 125 cm³/mol. The summed E-state index contributed by atoms with van der Waals surface area (Å²) in [6.45, 7) is 1.99. The van der Waals surface area contributed by atoms with Crippen LogP contribution in [0.4, 0.5) is 4.39 Å². The Kier molecular flexibility index (Phi) is 5.83. The molecule has 0 fully saturated rings. The highest BCUT2D eigenvalue weighted by atomic mass is 32.2. The minimum absolute atomic E-state index is 0.191. The van der Waals surface area contributed by atoms with Crippen LogP contribution in [0.25, 0.3) is 28.1 Å². The van der Waals surface area contributed by atoms with Crippen LogP contribution in [-0.2, 0) is 14.8 Å². The molecule has 2 aromatic carbocycles. The van der Waals surface area contributed by atoms with Gasteiger partial charge < -0.3 is 4.74 Å². The summed E-state index contributed by atoms with van der Waals surface area (Å²) in [5.74, 6) is -0.294. The molecule has 1 aliphatic carbocycles. The molecule has 2 heterocycles. The number of halogens is 1. The van der Waals surface area contributed by atoms with Gasteiger partial charge in [0.25, 0.3) is 0 Å². The van der Waals surface area contributed by atoms with Crippen molar-refractivity contribution in [3.8, 4) is 5.69 Å². The summed E-state index contributed by atoms with van der Waals surface area (Å²) in [4.78, 5) is 4.39. The number of ether oxygens (including phenoxy) is 1. The summed E-state index contributed by atoms with van der Waals surface area (Å²) in [6.07, 6.45) is 6.17. The molecule has 0 aliphatic heterocycles. The lowest BCUT2D eigenvalue weighted by molar-refractivity contribution is 0.0872. The van der Waals surface area contributed by atoms with Crippen LogP contribution in [0.5, 0.6) is 0 Å². The molecule has 1 aliphatic rings. The quantitative estimate of drug-likeness (QED) is 0.435. The zero-order valence-corrected chi connectivity index (χ0v) is 19.3. The summed E-state index contributed by atoms with van der Waals surface area (Å²) < 4.78 is 49.9. The van der Waals surface area contributed by atoms with Gasteiger partial charge in [-0.05, 0) is 61.9 Å². The van der Waals surface area contributed by atoms with Gasteiger partial charge in [-0.3, -0.25) is 0 Å². The number of sulfonamides is 1. The Bertz CT molecular complexity index is 1530. The van der Waals surface area contributed by atoms with E-state index in [0.29, 0.717) is 6.42 Å². The van der Waals surface area contributed by atoms with Gasteiger partial charge >= 0.3 is 0 Å². The first-order valence-electron chi connectivity index (χ1n) is 10.4. The maximum absolute atomic E-state index is 13.2. The summed E-state index contributed by atoms with van der Waals surface area (Å²) in [5.41, 5.74) is 3.25. The van der Waals surface area contributed by atoms with Gasteiger partial charge in [0.15, 0.2) is 0 Å². The SMILES string of the molecule is C[C@@H](COC1C=c2cnn(-c3ccc(F)cc3)c2=CC1)NS(=O)(=O)c1ccc2ncsc2c1. The van der Waals surface area contributed by atoms with Crippen LogP contribution in [0.1, 0.15) is 13.3 Å². The zero-order valence-electron chi connectivity index (χ0n) is 17.7. The number of fused-ring (bicyclic) bond motifs is 2. The monoisotopic (exact) mass is 484 g/mol. The maximum atomic E-state index is 13.2. The second-order valence-corrected chi connectivity index (χ2v) is 10.5. The summed E-state index contributed by atoms with van der Waals surface area (Å²) >= 11 is 1.40. The van der Waals surface area contributed by atoms with Crippen LogP contribution < -0.4 is 15.3 Å². The Morgan fingerprint density at radius 2 is 2.09 bits per heavy atom. The summed E-state index contributed by atoms with van der Waals surface area (Å²) in [5, 5.41) is 6.25. The van der Waals surface area contributed by atoms with Gasteiger partial charge in [0.1, 0.15) is 5.82 Å². The fourth-order valence-corrected chi connectivity index (χ4v) is 5.79. The average molecular weight is 485 g/mol. The van der Waals surface area contributed by atoms with E-state index >= 15 is 0 Å². The van der Waals surface area contributed by atoms with E-state index in [1.54, 1.807) is 53.6 Å². The van der Waals surface area contributed by atoms with Crippen molar-refractivity contribution in [3.63, 3.8) is 0 Å². The fourth-order valence-electron chi connectivity index (χ4n) is 3.74. The first-order chi connectivity index (χ1) is 15.9. The number of hydrogen-bond donors (Lipinski definition) is 1. The number of benzene rings is 2. The zero-order chi connectivity index (χ0) is 23.0. The minimum atomic E-state index is -3.67. The number of thiazole rings is 1. The molecular weight excluding hydrogens is 463 g/mol. The van der Waals surface area contributed by atoms with Gasteiger partial charge in [-0.15, -0.1) is 11.3 Å². The predicted octanol–water partition coefficient (Wildman–Crippen LogP) is 2.34. The highest BCUT2D eigenvalue weighted by Gasteiger charge is 2.20. The molecule has 0 spiro atoms. The topological polar surface area (TPSA) is 86.1 Å². The Morgan fingerprint density at radius 1 is 1.27 bits per heavy atom. The van der Waals surface area contributed by atoms with Crippen molar-refractivity contribution < 1.29 is 17.5 Å². The third-order valence-corrected chi connectivity index (χ3v) is 7.73. The van der Waals surface area contributed by atoms with Crippen LogP contribution in [0.2, 0.25) is 0 Å². The molecule has 0 radical (unpaired) electrons. The van der Waals surface area contributed by atoms with E-state index in [-0.39, 0.29) is 23.4 Å². The Balaban J connectivity index is 1.24. The molecule has 0 saturated heterocycles. The van der Waals surface area contributed by atoms with E-state index < -0.39 is 16.1 Å². The molecule has 2 aromatic heterocycles. The van der Waals surface area contributed by atoms with E-state index in [4.69, 9.17) is 4.74 Å². The minimum Gasteiger partial charge on any atom is -0.372 e. The molecule has 33 heavy (non-hydrogen) atoms. The van der Waals surface area contributed by atoms with Crippen molar-refractivity contribution in [2.75, 3.05) is 6.61 Å². The van der Waals surface area contributed by atoms with Crippen LogP contribution in [0.15, 0.2) is 59.1 Å². The third kappa shape index (κ3) is 4.60. The van der Waals surface area contributed by atoms with Crippen molar-refractivity contribution in [1.29, 1.82) is 0 Å². The van der Waals surface area contributed by atoms with E-state index in [1.807, 2.05) is 12.2 Å². The number of aromatic nitrogens is 3. The Morgan fingerprint density at radius 3 is 2.91 bits per heavy atom. The Hall–Kier alpha value is -2.92. The largest absolute Gasteiger partial charge is 0.372 e. The van der Waals surface area contributed by atoms with Crippen molar-refractivity contribution in [1.82, 2.24) is 19.5 Å². The Labute approximate surface area is 193 Å². The number of rotatable bonds is 7.